The van der Waals surface area contributed by atoms with Crippen LogP contribution in [0.25, 0.3) is 16.9 Å². The van der Waals surface area contributed by atoms with Gasteiger partial charge in [0.15, 0.2) is 5.82 Å². The molecule has 1 amide bonds. The fourth-order valence-corrected chi connectivity index (χ4v) is 4.65. The molecule has 1 aromatic carbocycles. The highest BCUT2D eigenvalue weighted by molar-refractivity contribution is 5.98. The maximum Gasteiger partial charge on any atom is 0.247 e. The molecule has 7 heteroatoms. The van der Waals surface area contributed by atoms with Crippen molar-refractivity contribution in [1.29, 1.82) is 0 Å². The number of hydrogen-bond donors (Lipinski definition) is 1. The molecule has 3 aromatic heterocycles. The van der Waals surface area contributed by atoms with Gasteiger partial charge >= 0.3 is 0 Å². The van der Waals surface area contributed by atoms with E-state index in [-0.39, 0.29) is 11.9 Å². The van der Waals surface area contributed by atoms with Crippen molar-refractivity contribution in [3.8, 4) is 11.4 Å². The molecule has 4 heterocycles. The summed E-state index contributed by atoms with van der Waals surface area (Å²) in [5.41, 5.74) is 3.66. The standard InChI is InChI=1S/C24H22N6O/c1-15-7-8-17(13-19(15)23-26-14-18-5-4-10-29(18)28-23)27-24(31)21-12-16-11-20(16)30(21)22-6-2-3-9-25-22/h2-10,13-14,16,20-21H,11-12H2,1H3,(H,27,31)/t16-,20-,21?/m1/s1. The van der Waals surface area contributed by atoms with Gasteiger partial charge in [0.25, 0.3) is 0 Å². The number of hydrogen-bond acceptors (Lipinski definition) is 5. The van der Waals surface area contributed by atoms with Gasteiger partial charge in [0.2, 0.25) is 5.91 Å². The maximum atomic E-state index is 13.2. The van der Waals surface area contributed by atoms with Crippen LogP contribution in [0.4, 0.5) is 11.5 Å². The first-order chi connectivity index (χ1) is 15.2. The van der Waals surface area contributed by atoms with E-state index in [2.05, 4.69) is 25.3 Å². The maximum absolute atomic E-state index is 13.2. The minimum Gasteiger partial charge on any atom is -0.341 e. The van der Waals surface area contributed by atoms with Crippen molar-refractivity contribution in [1.82, 2.24) is 19.6 Å². The zero-order chi connectivity index (χ0) is 20.9. The molecule has 4 aromatic rings. The molecular formula is C24H22N6O. The van der Waals surface area contributed by atoms with Crippen LogP contribution in [0.2, 0.25) is 0 Å². The minimum absolute atomic E-state index is 0.00874. The summed E-state index contributed by atoms with van der Waals surface area (Å²) < 4.78 is 1.81. The first-order valence-electron chi connectivity index (χ1n) is 10.6. The Morgan fingerprint density at radius 1 is 1.10 bits per heavy atom. The second-order valence-corrected chi connectivity index (χ2v) is 8.39. The third-order valence-corrected chi connectivity index (χ3v) is 6.35. The van der Waals surface area contributed by atoms with Gasteiger partial charge in [-0.2, -0.15) is 0 Å². The number of fused-ring (bicyclic) bond motifs is 2. The van der Waals surface area contributed by atoms with Gasteiger partial charge in [-0.3, -0.25) is 4.79 Å². The summed E-state index contributed by atoms with van der Waals surface area (Å²) in [6.45, 7) is 2.03. The SMILES string of the molecule is Cc1ccc(NC(=O)C2C[C@H]3C[C@H]3N2c2ccccn2)cc1-c1ncc2cccn2n1. The number of pyridine rings is 1. The second kappa shape index (κ2) is 6.91. The van der Waals surface area contributed by atoms with E-state index in [4.69, 9.17) is 0 Å². The van der Waals surface area contributed by atoms with Crippen molar-refractivity contribution >= 4 is 22.9 Å². The van der Waals surface area contributed by atoms with E-state index in [1.807, 2.05) is 72.4 Å². The number of rotatable bonds is 4. The predicted octanol–water partition coefficient (Wildman–Crippen LogP) is 3.71. The van der Waals surface area contributed by atoms with Crippen molar-refractivity contribution in [2.24, 2.45) is 5.92 Å². The fraction of sp³-hybridized carbons (Fsp3) is 0.250. The Morgan fingerprint density at radius 3 is 2.90 bits per heavy atom. The molecule has 1 saturated carbocycles. The zero-order valence-corrected chi connectivity index (χ0v) is 17.1. The highest BCUT2D eigenvalue weighted by Crippen LogP contribution is 2.49. The molecule has 7 nitrogen and oxygen atoms in total. The van der Waals surface area contributed by atoms with Crippen LogP contribution < -0.4 is 10.2 Å². The normalized spacial score (nSPS) is 21.8. The van der Waals surface area contributed by atoms with Gasteiger partial charge in [0, 0.05) is 29.7 Å². The van der Waals surface area contributed by atoms with E-state index < -0.39 is 0 Å². The number of nitrogens with one attached hydrogen (secondary N) is 1. The lowest BCUT2D eigenvalue weighted by molar-refractivity contribution is -0.117. The number of benzene rings is 1. The second-order valence-electron chi connectivity index (χ2n) is 8.39. The lowest BCUT2D eigenvalue weighted by atomic mass is 10.1. The molecule has 6 rings (SSSR count). The van der Waals surface area contributed by atoms with Gasteiger partial charge in [-0.05, 0) is 67.6 Å². The van der Waals surface area contributed by atoms with Crippen molar-refractivity contribution in [3.05, 3.63) is 72.7 Å². The third-order valence-electron chi connectivity index (χ3n) is 6.35. The zero-order valence-electron chi connectivity index (χ0n) is 17.1. The number of piperidine rings is 1. The summed E-state index contributed by atoms with van der Waals surface area (Å²) in [4.78, 5) is 24.4. The molecule has 1 saturated heterocycles. The van der Waals surface area contributed by atoms with Crippen LogP contribution in [0.5, 0.6) is 0 Å². The molecule has 0 radical (unpaired) electrons. The average molecular weight is 410 g/mol. The molecule has 2 aliphatic rings. The molecule has 1 N–H and O–H groups in total. The number of carbonyl (C=O) groups excluding carboxylic acids is 1. The third kappa shape index (κ3) is 3.13. The minimum atomic E-state index is -0.198. The summed E-state index contributed by atoms with van der Waals surface area (Å²) in [5, 5.41) is 7.73. The Hall–Kier alpha value is -3.74. The molecule has 1 unspecified atom stereocenters. The molecule has 0 bridgehead atoms. The lowest BCUT2D eigenvalue weighted by Gasteiger charge is -2.27. The van der Waals surface area contributed by atoms with Crippen LogP contribution >= 0.6 is 0 Å². The number of nitrogens with zero attached hydrogens (tertiary/aromatic N) is 5. The van der Waals surface area contributed by atoms with Gasteiger partial charge in [-0.1, -0.05) is 12.1 Å². The Bertz CT molecular complexity index is 1280. The van der Waals surface area contributed by atoms with Crippen LogP contribution in [0.3, 0.4) is 0 Å². The van der Waals surface area contributed by atoms with Crippen LogP contribution in [0, 0.1) is 12.8 Å². The molecule has 154 valence electrons. The highest BCUT2D eigenvalue weighted by Gasteiger charge is 2.54. The summed E-state index contributed by atoms with van der Waals surface area (Å²) in [7, 11) is 0. The first-order valence-corrected chi connectivity index (χ1v) is 10.6. The van der Waals surface area contributed by atoms with E-state index >= 15 is 0 Å². The van der Waals surface area contributed by atoms with Crippen molar-refractivity contribution in [3.63, 3.8) is 0 Å². The molecule has 0 spiro atoms. The molecule has 1 aliphatic heterocycles. The topological polar surface area (TPSA) is 75.4 Å². The van der Waals surface area contributed by atoms with Crippen molar-refractivity contribution in [2.75, 3.05) is 10.2 Å². The number of amides is 1. The summed E-state index contributed by atoms with van der Waals surface area (Å²) >= 11 is 0. The Kier molecular flexibility index (Phi) is 4.02. The Labute approximate surface area is 179 Å². The molecule has 2 fully saturated rings. The van der Waals surface area contributed by atoms with Crippen molar-refractivity contribution < 1.29 is 4.79 Å². The first kappa shape index (κ1) is 18.1. The van der Waals surface area contributed by atoms with Gasteiger partial charge in [0.05, 0.1) is 11.7 Å². The van der Waals surface area contributed by atoms with E-state index in [0.29, 0.717) is 17.8 Å². The summed E-state index contributed by atoms with van der Waals surface area (Å²) in [6, 6.07) is 15.9. The molecule has 1 aliphatic carbocycles. The molecule has 3 atom stereocenters. The van der Waals surface area contributed by atoms with Gasteiger partial charge in [-0.15, -0.1) is 5.10 Å². The monoisotopic (exact) mass is 410 g/mol. The molecule has 31 heavy (non-hydrogen) atoms. The molecular weight excluding hydrogens is 388 g/mol. The van der Waals surface area contributed by atoms with Crippen LogP contribution in [0.1, 0.15) is 18.4 Å². The average Bonchev–Trinajstić information content (AvgIpc) is 3.22. The summed E-state index contributed by atoms with van der Waals surface area (Å²) in [6.07, 6.45) is 7.52. The van der Waals surface area contributed by atoms with E-state index in [1.54, 1.807) is 6.20 Å². The lowest BCUT2D eigenvalue weighted by Crippen LogP contribution is -2.42. The number of anilines is 2. The quantitative estimate of drug-likeness (QED) is 0.555. The van der Waals surface area contributed by atoms with Crippen LogP contribution in [0.15, 0.2) is 67.1 Å². The number of aromatic nitrogens is 4. The number of carbonyl (C=O) groups is 1. The van der Waals surface area contributed by atoms with Gasteiger partial charge in [-0.25, -0.2) is 14.5 Å². The van der Waals surface area contributed by atoms with E-state index in [9.17, 15) is 4.79 Å². The Balaban J connectivity index is 1.27. The predicted molar refractivity (Wildman–Crippen MR) is 119 cm³/mol. The summed E-state index contributed by atoms with van der Waals surface area (Å²) in [5.74, 6) is 2.11. The highest BCUT2D eigenvalue weighted by atomic mass is 16.2. The Morgan fingerprint density at radius 2 is 2.03 bits per heavy atom. The van der Waals surface area contributed by atoms with E-state index in [0.717, 1.165) is 41.0 Å². The van der Waals surface area contributed by atoms with Crippen LogP contribution in [-0.2, 0) is 4.79 Å². The smallest absolute Gasteiger partial charge is 0.247 e. The van der Waals surface area contributed by atoms with Crippen molar-refractivity contribution in [2.45, 2.75) is 31.8 Å². The van der Waals surface area contributed by atoms with Gasteiger partial charge < -0.3 is 10.2 Å². The number of aryl methyl sites for hydroxylation is 1. The van der Waals surface area contributed by atoms with Crippen LogP contribution in [-0.4, -0.2) is 37.6 Å². The largest absolute Gasteiger partial charge is 0.341 e. The van der Waals surface area contributed by atoms with E-state index in [1.165, 1.54) is 0 Å². The van der Waals surface area contributed by atoms with Gasteiger partial charge in [0.1, 0.15) is 11.9 Å². The fourth-order valence-electron chi connectivity index (χ4n) is 4.65.